The van der Waals surface area contributed by atoms with Crippen LogP contribution in [0.3, 0.4) is 0 Å². The highest BCUT2D eigenvalue weighted by Gasteiger charge is 2.37. The van der Waals surface area contributed by atoms with E-state index in [9.17, 15) is 18.8 Å². The number of hydrogen-bond acceptors (Lipinski definition) is 5. The molecule has 1 amide bonds. The van der Waals surface area contributed by atoms with Gasteiger partial charge in [-0.2, -0.15) is 5.10 Å². The molecule has 1 N–H and O–H groups in total. The van der Waals surface area contributed by atoms with Gasteiger partial charge in [-0.3, -0.25) is 14.4 Å². The van der Waals surface area contributed by atoms with Crippen molar-refractivity contribution in [2.75, 3.05) is 7.11 Å². The number of esters is 1. The molecule has 0 spiro atoms. The van der Waals surface area contributed by atoms with Gasteiger partial charge in [0.25, 0.3) is 5.91 Å². The second kappa shape index (κ2) is 8.55. The van der Waals surface area contributed by atoms with E-state index in [2.05, 4.69) is 10.4 Å². The number of carbonyl (C=O) groups excluding carboxylic acids is 2. The summed E-state index contributed by atoms with van der Waals surface area (Å²) in [5.74, 6) is -1.62. The fraction of sp³-hybridized carbons (Fsp3) is 0.429. The summed E-state index contributed by atoms with van der Waals surface area (Å²) in [4.78, 5) is 37.3. The zero-order chi connectivity index (χ0) is 21.0. The van der Waals surface area contributed by atoms with E-state index in [0.717, 1.165) is 19.3 Å². The molecule has 0 saturated heterocycles. The number of benzene rings is 1. The van der Waals surface area contributed by atoms with Gasteiger partial charge in [0.05, 0.1) is 19.1 Å². The maximum atomic E-state index is 14.2. The van der Waals surface area contributed by atoms with Crippen molar-refractivity contribution in [3.8, 4) is 5.69 Å². The molecule has 1 aromatic heterocycles. The Morgan fingerprint density at radius 3 is 2.59 bits per heavy atom. The summed E-state index contributed by atoms with van der Waals surface area (Å²) in [5, 5.41) is 6.99. The number of amides is 1. The molecule has 0 radical (unpaired) electrons. The Balaban J connectivity index is 1.96. The molecular weight excluding hydrogens is 377 g/mol. The van der Waals surface area contributed by atoms with Crippen molar-refractivity contribution in [2.45, 2.75) is 51.0 Å². The first-order valence-corrected chi connectivity index (χ1v) is 9.60. The number of nitrogens with one attached hydrogen (secondary N) is 1. The van der Waals surface area contributed by atoms with Crippen LogP contribution < -0.4 is 10.7 Å². The molecule has 1 heterocycles. The van der Waals surface area contributed by atoms with Gasteiger partial charge in [-0.05, 0) is 31.9 Å². The van der Waals surface area contributed by atoms with Crippen LogP contribution in [0, 0.1) is 12.7 Å². The van der Waals surface area contributed by atoms with Crippen molar-refractivity contribution in [1.82, 2.24) is 15.1 Å². The topological polar surface area (TPSA) is 90.3 Å². The molecule has 0 unspecified atom stereocenters. The minimum atomic E-state index is -0.774. The van der Waals surface area contributed by atoms with Crippen molar-refractivity contribution < 1.29 is 18.7 Å². The molecule has 0 bridgehead atoms. The highest BCUT2D eigenvalue weighted by Crippen LogP contribution is 2.31. The minimum absolute atomic E-state index is 0.0304. The lowest BCUT2D eigenvalue weighted by Gasteiger charge is -2.37. The fourth-order valence-corrected chi connectivity index (χ4v) is 3.80. The Hall–Kier alpha value is -3.03. The normalized spacial score (nSPS) is 15.6. The van der Waals surface area contributed by atoms with Crippen molar-refractivity contribution >= 4 is 11.9 Å². The van der Waals surface area contributed by atoms with Crippen molar-refractivity contribution in [1.29, 1.82) is 0 Å². The van der Waals surface area contributed by atoms with Crippen LogP contribution in [-0.2, 0) is 9.53 Å². The number of ether oxygens (including phenoxy) is 1. The van der Waals surface area contributed by atoms with Gasteiger partial charge < -0.3 is 10.1 Å². The second-order valence-corrected chi connectivity index (χ2v) is 7.41. The van der Waals surface area contributed by atoms with E-state index in [1.54, 1.807) is 19.1 Å². The molecule has 8 heteroatoms. The van der Waals surface area contributed by atoms with Gasteiger partial charge in [-0.25, -0.2) is 9.07 Å². The van der Waals surface area contributed by atoms with Gasteiger partial charge in [0, 0.05) is 11.8 Å². The van der Waals surface area contributed by atoms with Crippen LogP contribution in [-0.4, -0.2) is 34.3 Å². The van der Waals surface area contributed by atoms with E-state index in [4.69, 9.17) is 4.74 Å². The van der Waals surface area contributed by atoms with Crippen molar-refractivity contribution in [3.05, 3.63) is 57.8 Å². The SMILES string of the molecule is COC(=O)CC1(NC(=O)c2nn(-c3ccccc3F)c(C)cc2=O)CCCCC1. The Morgan fingerprint density at radius 1 is 1.24 bits per heavy atom. The van der Waals surface area contributed by atoms with Crippen LogP contribution >= 0.6 is 0 Å². The molecule has 3 rings (SSSR count). The lowest BCUT2D eigenvalue weighted by atomic mass is 9.79. The van der Waals surface area contributed by atoms with E-state index in [1.165, 1.54) is 30.0 Å². The number of halogens is 1. The van der Waals surface area contributed by atoms with E-state index >= 15 is 0 Å². The number of hydrogen-bond donors (Lipinski definition) is 1. The molecule has 1 saturated carbocycles. The first-order valence-electron chi connectivity index (χ1n) is 9.60. The monoisotopic (exact) mass is 401 g/mol. The molecule has 1 aromatic carbocycles. The highest BCUT2D eigenvalue weighted by atomic mass is 19.1. The Kier molecular flexibility index (Phi) is 6.10. The summed E-state index contributed by atoms with van der Waals surface area (Å²) in [6.07, 6.45) is 3.99. The standard InChI is InChI=1S/C21H24FN3O4/c1-14-12-17(26)19(24-25(14)16-9-5-4-8-15(16)22)20(28)23-21(13-18(27)29-2)10-6-3-7-11-21/h4-5,8-9,12H,3,6-7,10-11,13H2,1-2H3,(H,23,28). The third kappa shape index (κ3) is 4.52. The fourth-order valence-electron chi connectivity index (χ4n) is 3.80. The zero-order valence-electron chi connectivity index (χ0n) is 16.5. The van der Waals surface area contributed by atoms with Crippen molar-refractivity contribution in [2.24, 2.45) is 0 Å². The third-order valence-corrected chi connectivity index (χ3v) is 5.30. The first-order chi connectivity index (χ1) is 13.8. The number of carbonyl (C=O) groups is 2. The molecular formula is C21H24FN3O4. The second-order valence-electron chi connectivity index (χ2n) is 7.41. The molecule has 2 aromatic rings. The van der Waals surface area contributed by atoms with E-state index < -0.39 is 28.7 Å². The van der Waals surface area contributed by atoms with E-state index in [0.29, 0.717) is 18.5 Å². The van der Waals surface area contributed by atoms with Gasteiger partial charge in [0.2, 0.25) is 5.43 Å². The largest absolute Gasteiger partial charge is 0.469 e. The van der Waals surface area contributed by atoms with Gasteiger partial charge >= 0.3 is 5.97 Å². The van der Waals surface area contributed by atoms with Gasteiger partial charge in [0.1, 0.15) is 11.5 Å². The molecule has 1 fully saturated rings. The van der Waals surface area contributed by atoms with Crippen LogP contribution in [0.1, 0.15) is 54.7 Å². The van der Waals surface area contributed by atoms with Gasteiger partial charge in [-0.15, -0.1) is 0 Å². The minimum Gasteiger partial charge on any atom is -0.469 e. The predicted octanol–water partition coefficient (Wildman–Crippen LogP) is 2.68. The number of nitrogens with zero attached hydrogens (tertiary/aromatic N) is 2. The predicted molar refractivity (Wildman–Crippen MR) is 104 cm³/mol. The average molecular weight is 401 g/mol. The number of methoxy groups -OCH3 is 1. The van der Waals surface area contributed by atoms with Crippen molar-refractivity contribution in [3.63, 3.8) is 0 Å². The number of aryl methyl sites for hydroxylation is 1. The van der Waals surface area contributed by atoms with Gasteiger partial charge in [-0.1, -0.05) is 31.4 Å². The zero-order valence-corrected chi connectivity index (χ0v) is 16.5. The molecule has 7 nitrogen and oxygen atoms in total. The first kappa shape index (κ1) is 20.7. The molecule has 154 valence electrons. The highest BCUT2D eigenvalue weighted by molar-refractivity contribution is 5.93. The summed E-state index contributed by atoms with van der Waals surface area (Å²) >= 11 is 0. The average Bonchev–Trinajstić information content (AvgIpc) is 2.69. The number of aromatic nitrogens is 2. The Labute approximate surface area is 167 Å². The van der Waals surface area contributed by atoms with Crippen LogP contribution in [0.5, 0.6) is 0 Å². The molecule has 29 heavy (non-hydrogen) atoms. The number of rotatable bonds is 5. The molecule has 1 aliphatic rings. The molecule has 0 atom stereocenters. The van der Waals surface area contributed by atoms with Crippen LogP contribution in [0.15, 0.2) is 35.1 Å². The Morgan fingerprint density at radius 2 is 1.93 bits per heavy atom. The van der Waals surface area contributed by atoms with Crippen LogP contribution in [0.25, 0.3) is 5.69 Å². The van der Waals surface area contributed by atoms with Gasteiger partial charge in [0.15, 0.2) is 5.69 Å². The summed E-state index contributed by atoms with van der Waals surface area (Å²) in [5.41, 5.74) is -1.13. The maximum Gasteiger partial charge on any atom is 0.307 e. The molecule has 0 aliphatic heterocycles. The third-order valence-electron chi connectivity index (χ3n) is 5.30. The molecule has 1 aliphatic carbocycles. The maximum absolute atomic E-state index is 14.2. The summed E-state index contributed by atoms with van der Waals surface area (Å²) in [6, 6.07) is 7.24. The summed E-state index contributed by atoms with van der Waals surface area (Å²) < 4.78 is 20.2. The van der Waals surface area contributed by atoms with Crippen LogP contribution in [0.2, 0.25) is 0 Å². The number of para-hydroxylation sites is 1. The van der Waals surface area contributed by atoms with E-state index in [-0.39, 0.29) is 17.8 Å². The lowest BCUT2D eigenvalue weighted by Crippen LogP contribution is -2.52. The van der Waals surface area contributed by atoms with Crippen LogP contribution in [0.4, 0.5) is 4.39 Å². The summed E-state index contributed by atoms with van der Waals surface area (Å²) in [6.45, 7) is 1.61. The smallest absolute Gasteiger partial charge is 0.307 e. The summed E-state index contributed by atoms with van der Waals surface area (Å²) in [7, 11) is 1.30. The van der Waals surface area contributed by atoms with E-state index in [1.807, 2.05) is 0 Å². The lowest BCUT2D eigenvalue weighted by molar-refractivity contribution is -0.142. The Bertz CT molecular complexity index is 980. The quantitative estimate of drug-likeness (QED) is 0.778.